The van der Waals surface area contributed by atoms with Crippen LogP contribution in [-0.2, 0) is 6.42 Å². The lowest BCUT2D eigenvalue weighted by Crippen LogP contribution is -2.38. The highest BCUT2D eigenvalue weighted by molar-refractivity contribution is 7.07. The highest BCUT2D eigenvalue weighted by Crippen LogP contribution is 2.18. The van der Waals surface area contributed by atoms with Crippen LogP contribution in [0.15, 0.2) is 46.3 Å². The van der Waals surface area contributed by atoms with Crippen molar-refractivity contribution in [2.24, 2.45) is 4.99 Å². The van der Waals surface area contributed by atoms with E-state index in [1.807, 2.05) is 6.20 Å². The van der Waals surface area contributed by atoms with Gasteiger partial charge in [-0.1, -0.05) is 13.0 Å². The third-order valence-corrected chi connectivity index (χ3v) is 5.08. The molecule has 0 fully saturated rings. The fourth-order valence-corrected chi connectivity index (χ4v) is 3.65. The molecular weight excluding hydrogens is 342 g/mol. The molecule has 3 rings (SSSR count). The SMILES string of the molecule is CCNC(=NCC(C)c1ccsc1)NCCc1cn2cccc(C)c2n1. The minimum absolute atomic E-state index is 0.429. The van der Waals surface area contributed by atoms with Gasteiger partial charge in [0.1, 0.15) is 5.65 Å². The predicted molar refractivity (Wildman–Crippen MR) is 110 cm³/mol. The van der Waals surface area contributed by atoms with E-state index in [0.717, 1.165) is 43.4 Å². The first-order valence-electron chi connectivity index (χ1n) is 9.15. The summed E-state index contributed by atoms with van der Waals surface area (Å²) in [5.74, 6) is 1.30. The Morgan fingerprint density at radius 1 is 1.35 bits per heavy atom. The molecule has 2 N–H and O–H groups in total. The number of hydrogen-bond acceptors (Lipinski definition) is 3. The molecule has 26 heavy (non-hydrogen) atoms. The van der Waals surface area contributed by atoms with Crippen molar-refractivity contribution in [1.29, 1.82) is 0 Å². The number of nitrogens with one attached hydrogen (secondary N) is 2. The van der Waals surface area contributed by atoms with E-state index in [-0.39, 0.29) is 0 Å². The molecule has 0 aliphatic rings. The molecule has 138 valence electrons. The van der Waals surface area contributed by atoms with Gasteiger partial charge in [0.05, 0.1) is 5.69 Å². The van der Waals surface area contributed by atoms with Crippen molar-refractivity contribution in [3.8, 4) is 0 Å². The van der Waals surface area contributed by atoms with E-state index < -0.39 is 0 Å². The molecule has 3 aromatic heterocycles. The van der Waals surface area contributed by atoms with Crippen LogP contribution in [0.5, 0.6) is 0 Å². The Labute approximate surface area is 159 Å². The van der Waals surface area contributed by atoms with E-state index in [9.17, 15) is 0 Å². The van der Waals surface area contributed by atoms with Crippen LogP contribution in [0.25, 0.3) is 5.65 Å². The lowest BCUT2D eigenvalue weighted by molar-refractivity contribution is 0.746. The number of thiophene rings is 1. The van der Waals surface area contributed by atoms with Crippen LogP contribution in [0.2, 0.25) is 0 Å². The zero-order chi connectivity index (χ0) is 18.4. The summed E-state index contributed by atoms with van der Waals surface area (Å²) in [5, 5.41) is 11.1. The molecule has 0 bridgehead atoms. The van der Waals surface area contributed by atoms with E-state index >= 15 is 0 Å². The molecule has 5 nitrogen and oxygen atoms in total. The Bertz CT molecular complexity index is 850. The van der Waals surface area contributed by atoms with Gasteiger partial charge < -0.3 is 15.0 Å². The van der Waals surface area contributed by atoms with Gasteiger partial charge in [-0.05, 0) is 47.9 Å². The van der Waals surface area contributed by atoms with Gasteiger partial charge in [0.15, 0.2) is 5.96 Å². The Hall–Kier alpha value is -2.34. The third-order valence-electron chi connectivity index (χ3n) is 4.38. The number of nitrogens with zero attached hydrogens (tertiary/aromatic N) is 3. The number of imidazole rings is 1. The molecule has 0 saturated carbocycles. The Kier molecular flexibility index (Phi) is 6.28. The van der Waals surface area contributed by atoms with Crippen LogP contribution in [0.1, 0.15) is 36.6 Å². The summed E-state index contributed by atoms with van der Waals surface area (Å²) in [6.45, 7) is 8.83. The van der Waals surface area contributed by atoms with Crippen LogP contribution in [0.3, 0.4) is 0 Å². The van der Waals surface area contributed by atoms with Crippen molar-refractivity contribution in [1.82, 2.24) is 20.0 Å². The van der Waals surface area contributed by atoms with Crippen molar-refractivity contribution in [3.05, 3.63) is 58.2 Å². The van der Waals surface area contributed by atoms with E-state index in [0.29, 0.717) is 5.92 Å². The summed E-state index contributed by atoms with van der Waals surface area (Å²) in [4.78, 5) is 9.46. The summed E-state index contributed by atoms with van der Waals surface area (Å²) in [6, 6.07) is 6.32. The first-order valence-corrected chi connectivity index (χ1v) is 10.1. The molecule has 6 heteroatoms. The largest absolute Gasteiger partial charge is 0.357 e. The zero-order valence-corrected chi connectivity index (χ0v) is 16.5. The average Bonchev–Trinajstić information content (AvgIpc) is 3.29. The van der Waals surface area contributed by atoms with Crippen LogP contribution >= 0.6 is 11.3 Å². The number of pyridine rings is 1. The fourth-order valence-electron chi connectivity index (χ4n) is 2.86. The number of rotatable bonds is 7. The third kappa shape index (κ3) is 4.64. The van der Waals surface area contributed by atoms with E-state index in [1.165, 1.54) is 11.1 Å². The quantitative estimate of drug-likeness (QED) is 0.494. The number of fused-ring (bicyclic) bond motifs is 1. The smallest absolute Gasteiger partial charge is 0.191 e. The lowest BCUT2D eigenvalue weighted by atomic mass is 10.1. The van der Waals surface area contributed by atoms with E-state index in [4.69, 9.17) is 9.98 Å². The maximum atomic E-state index is 4.73. The number of aliphatic imine (C=N–C) groups is 1. The van der Waals surface area contributed by atoms with Crippen LogP contribution < -0.4 is 10.6 Å². The summed E-state index contributed by atoms with van der Waals surface area (Å²) < 4.78 is 2.09. The fraction of sp³-hybridized carbons (Fsp3) is 0.400. The predicted octanol–water partition coefficient (Wildman–Crippen LogP) is 3.61. The van der Waals surface area contributed by atoms with Crippen LogP contribution in [0.4, 0.5) is 0 Å². The maximum Gasteiger partial charge on any atom is 0.191 e. The highest BCUT2D eigenvalue weighted by Gasteiger charge is 2.07. The Morgan fingerprint density at radius 2 is 2.23 bits per heavy atom. The number of aryl methyl sites for hydroxylation is 1. The van der Waals surface area contributed by atoms with E-state index in [2.05, 4.69) is 71.0 Å². The first kappa shape index (κ1) is 18.5. The molecule has 0 aliphatic carbocycles. The second kappa shape index (κ2) is 8.85. The molecular formula is C20H27N5S. The topological polar surface area (TPSA) is 53.7 Å². The van der Waals surface area contributed by atoms with Crippen LogP contribution in [0, 0.1) is 6.92 Å². The summed E-state index contributed by atoms with van der Waals surface area (Å²) in [5.41, 5.74) is 4.68. The molecule has 1 unspecified atom stereocenters. The number of guanidine groups is 1. The number of hydrogen-bond donors (Lipinski definition) is 2. The van der Waals surface area contributed by atoms with Crippen molar-refractivity contribution in [2.75, 3.05) is 19.6 Å². The van der Waals surface area contributed by atoms with Crippen LogP contribution in [-0.4, -0.2) is 35.0 Å². The van der Waals surface area contributed by atoms with Gasteiger partial charge in [0, 0.05) is 44.4 Å². The minimum atomic E-state index is 0.429. The average molecular weight is 370 g/mol. The lowest BCUT2D eigenvalue weighted by Gasteiger charge is -2.12. The normalized spacial score (nSPS) is 13.1. The molecule has 0 aliphatic heterocycles. The zero-order valence-electron chi connectivity index (χ0n) is 15.7. The van der Waals surface area contributed by atoms with Gasteiger partial charge in [0.25, 0.3) is 0 Å². The standard InChI is InChI=1S/C20H27N5S/c1-4-21-20(23-12-16(3)17-8-11-26-14-17)22-9-7-18-13-25-10-5-6-15(2)19(25)24-18/h5-6,8,10-11,13-14,16H,4,7,9,12H2,1-3H3,(H2,21,22,23). The van der Waals surface area contributed by atoms with Gasteiger partial charge in [-0.3, -0.25) is 4.99 Å². The molecule has 0 saturated heterocycles. The summed E-state index contributed by atoms with van der Waals surface area (Å²) in [6.07, 6.45) is 5.02. The molecule has 3 aromatic rings. The van der Waals surface area contributed by atoms with Gasteiger partial charge in [-0.25, -0.2) is 4.98 Å². The summed E-state index contributed by atoms with van der Waals surface area (Å²) in [7, 11) is 0. The second-order valence-corrected chi connectivity index (χ2v) is 7.29. The van der Waals surface area contributed by atoms with Gasteiger partial charge in [-0.15, -0.1) is 0 Å². The van der Waals surface area contributed by atoms with Crippen molar-refractivity contribution in [3.63, 3.8) is 0 Å². The highest BCUT2D eigenvalue weighted by atomic mass is 32.1. The Balaban J connectivity index is 1.55. The molecule has 1 atom stereocenters. The molecule has 0 aromatic carbocycles. The van der Waals surface area contributed by atoms with Crippen molar-refractivity contribution in [2.45, 2.75) is 33.1 Å². The van der Waals surface area contributed by atoms with Gasteiger partial charge >= 0.3 is 0 Å². The molecule has 0 amide bonds. The minimum Gasteiger partial charge on any atom is -0.357 e. The number of aromatic nitrogens is 2. The second-order valence-electron chi connectivity index (χ2n) is 6.51. The van der Waals surface area contributed by atoms with Crippen molar-refractivity contribution >= 4 is 22.9 Å². The maximum absolute atomic E-state index is 4.73. The summed E-state index contributed by atoms with van der Waals surface area (Å²) >= 11 is 1.74. The monoisotopic (exact) mass is 369 g/mol. The molecule has 0 spiro atoms. The molecule has 3 heterocycles. The Morgan fingerprint density at radius 3 is 2.96 bits per heavy atom. The van der Waals surface area contributed by atoms with E-state index in [1.54, 1.807) is 11.3 Å². The van der Waals surface area contributed by atoms with Gasteiger partial charge in [-0.2, -0.15) is 11.3 Å². The molecule has 0 radical (unpaired) electrons. The first-order chi connectivity index (χ1) is 12.7. The van der Waals surface area contributed by atoms with Gasteiger partial charge in [0.2, 0.25) is 0 Å². The van der Waals surface area contributed by atoms with Crippen molar-refractivity contribution < 1.29 is 0 Å².